The molecule has 1 atom stereocenters. The molecule has 0 amide bonds. The molecule has 0 bridgehead atoms. The fourth-order valence-electron chi connectivity index (χ4n) is 0.0668. The Morgan fingerprint density at radius 2 is 1.75 bits per heavy atom. The van der Waals surface area contributed by atoms with Crippen molar-refractivity contribution in [3.8, 4) is 0 Å². The van der Waals surface area contributed by atoms with E-state index in [1.54, 1.807) is 0 Å². The van der Waals surface area contributed by atoms with Gasteiger partial charge in [-0.25, -0.2) is 0 Å². The Morgan fingerprint density at radius 3 is 1.75 bits per heavy atom. The predicted molar refractivity (Wildman–Crippen MR) is 31.0 cm³/mol. The molecule has 0 N–H and O–H groups in total. The van der Waals surface area contributed by atoms with Gasteiger partial charge in [0, 0.05) is 0 Å². The molecule has 6 heteroatoms. The number of halogens is 4. The van der Waals surface area contributed by atoms with E-state index in [2.05, 4.69) is 2.81 Å². The Balaban J connectivity index is 3.62. The molecule has 1 unspecified atom stereocenters. The van der Waals surface area contributed by atoms with Gasteiger partial charge in [0.05, 0.1) is 0 Å². The van der Waals surface area contributed by atoms with Crippen molar-refractivity contribution in [1.82, 2.24) is 0 Å². The van der Waals surface area contributed by atoms with Crippen molar-refractivity contribution < 1.29 is 28.0 Å². The third-order valence-corrected chi connectivity index (χ3v) is 2.65. The number of hydrogen-bond acceptors (Lipinski definition) is 1. The molecule has 8 heavy (non-hydrogen) atoms. The van der Waals surface area contributed by atoms with E-state index in [9.17, 15) is 0 Å². The van der Waals surface area contributed by atoms with Gasteiger partial charge in [0.2, 0.25) is 0 Å². The van der Waals surface area contributed by atoms with Gasteiger partial charge in [-0.3, -0.25) is 0 Å². The molecule has 0 aliphatic carbocycles. The molecule has 0 aromatic heterocycles. The molecule has 0 fully saturated rings. The van der Waals surface area contributed by atoms with E-state index in [-0.39, 0.29) is 0 Å². The van der Waals surface area contributed by atoms with Crippen molar-refractivity contribution in [2.75, 3.05) is 0 Å². The van der Waals surface area contributed by atoms with Gasteiger partial charge in [-0.2, -0.15) is 0 Å². The third kappa shape index (κ3) is 3.92. The minimum absolute atomic E-state index is 0.782. The van der Waals surface area contributed by atoms with E-state index in [1.807, 2.05) is 0 Å². The van der Waals surface area contributed by atoms with E-state index in [1.165, 1.54) is 0 Å². The van der Waals surface area contributed by atoms with Crippen LogP contribution in [-0.2, 0) is 28.0 Å². The number of hydrogen-bond donors (Lipinski definition) is 0. The quantitative estimate of drug-likeness (QED) is 0.667. The molecule has 47 valence electrons. The molecule has 0 aromatic rings. The van der Waals surface area contributed by atoms with E-state index < -0.39 is 9.36 Å². The van der Waals surface area contributed by atoms with Crippen molar-refractivity contribution in [1.29, 1.82) is 0 Å². The van der Waals surface area contributed by atoms with Gasteiger partial charge in [0.1, 0.15) is 0 Å². The van der Waals surface area contributed by atoms with Crippen molar-refractivity contribution in [3.63, 3.8) is 0 Å². The zero-order valence-electron chi connectivity index (χ0n) is 3.50. The van der Waals surface area contributed by atoms with Crippen LogP contribution in [-0.4, -0.2) is 9.36 Å². The van der Waals surface area contributed by atoms with Crippen LogP contribution in [0.25, 0.3) is 0 Å². The van der Waals surface area contributed by atoms with Crippen molar-refractivity contribution in [2.45, 2.75) is 9.36 Å². The summed E-state index contributed by atoms with van der Waals surface area (Å²) in [5.74, 6) is 0. The monoisotopic (exact) mass is 271 g/mol. The summed E-state index contributed by atoms with van der Waals surface area (Å²) in [6.07, 6.45) is 0. The zero-order chi connectivity index (χ0) is 6.78. The summed E-state index contributed by atoms with van der Waals surface area (Å²) in [5, 5.41) is 0. The first-order valence-electron chi connectivity index (χ1n) is 1.51. The average Bonchev–Trinajstić information content (AvgIpc) is 1.62. The molecule has 0 aliphatic rings. The Kier molecular flexibility index (Phi) is 5.00. The zero-order valence-corrected chi connectivity index (χ0v) is 8.98. The van der Waals surface area contributed by atoms with Crippen LogP contribution in [0, 0.1) is 0 Å². The molecule has 0 aromatic carbocycles. The van der Waals surface area contributed by atoms with Crippen LogP contribution in [0.3, 0.4) is 0 Å². The second-order valence-corrected chi connectivity index (χ2v) is 4.32. The van der Waals surface area contributed by atoms with Gasteiger partial charge in [-0.15, -0.1) is 0 Å². The van der Waals surface area contributed by atoms with Gasteiger partial charge >= 0.3 is 83.7 Å². The van der Waals surface area contributed by atoms with E-state index in [0.29, 0.717) is 0 Å². The first kappa shape index (κ1) is 10.0. The number of alkyl halides is 4. The molecule has 1 nitrogen and oxygen atoms in total. The second-order valence-electron chi connectivity index (χ2n) is 0.976. The Bertz CT molecular complexity index is 70.9. The summed E-state index contributed by atoms with van der Waals surface area (Å²) < 4.78 is 3.07. The summed E-state index contributed by atoms with van der Waals surface area (Å²) in [7, 11) is 0. The third-order valence-electron chi connectivity index (χ3n) is 0.361. The van der Waals surface area contributed by atoms with Gasteiger partial charge in [0.15, 0.2) is 0 Å². The topological polar surface area (TPSA) is 9.23 Å². The van der Waals surface area contributed by atoms with Crippen LogP contribution in [0.15, 0.2) is 0 Å². The van der Waals surface area contributed by atoms with Crippen LogP contribution in [0.2, 0.25) is 0 Å². The van der Waals surface area contributed by atoms with E-state index >= 15 is 0 Å². The Hall–Kier alpha value is 2.00. The van der Waals surface area contributed by atoms with Crippen LogP contribution < -0.4 is 0 Å². The maximum atomic E-state index is 5.35. The Labute approximate surface area is 83.0 Å². The number of rotatable bonds is 1. The standard InChI is InChI=1S/C2HCl4O.Zr/c3-1(7)2(4,5)6;/h1H;/q-1;+1. The van der Waals surface area contributed by atoms with Crippen molar-refractivity contribution in [3.05, 3.63) is 0 Å². The summed E-state index contributed by atoms with van der Waals surface area (Å²) >= 11 is 21.9. The summed E-state index contributed by atoms with van der Waals surface area (Å²) in [4.78, 5) is 0. The van der Waals surface area contributed by atoms with Crippen molar-refractivity contribution >= 4 is 46.4 Å². The van der Waals surface area contributed by atoms with E-state index in [4.69, 9.17) is 46.4 Å². The predicted octanol–water partition coefficient (Wildman–Crippen LogP) is 2.40. The first-order valence-corrected chi connectivity index (χ1v) is 4.09. The molecule has 0 radical (unpaired) electrons. The SMILES string of the molecule is ClC([O][Zr])C(Cl)(Cl)Cl. The fraction of sp³-hybridized carbons (Fsp3) is 1.00. The van der Waals surface area contributed by atoms with Crippen LogP contribution >= 0.6 is 46.4 Å². The maximum absolute atomic E-state index is 5.35. The van der Waals surface area contributed by atoms with Crippen LogP contribution in [0.1, 0.15) is 0 Å². The first-order chi connectivity index (χ1) is 3.48. The summed E-state index contributed by atoms with van der Waals surface area (Å²) in [6.45, 7) is 0. The molecular formula is C2HCl4OZr. The van der Waals surface area contributed by atoms with Gasteiger partial charge in [0.25, 0.3) is 0 Å². The molecule has 0 heterocycles. The molecule has 0 aliphatic heterocycles. The molecular weight excluding hydrogens is 273 g/mol. The summed E-state index contributed by atoms with van der Waals surface area (Å²) in [6, 6.07) is 0. The second kappa shape index (κ2) is 4.00. The molecule has 0 spiro atoms. The average molecular weight is 274 g/mol. The summed E-state index contributed by atoms with van der Waals surface area (Å²) in [5.41, 5.74) is -0.842. The van der Waals surface area contributed by atoms with Gasteiger partial charge in [-0.1, -0.05) is 0 Å². The van der Waals surface area contributed by atoms with Crippen molar-refractivity contribution in [2.24, 2.45) is 0 Å². The van der Waals surface area contributed by atoms with E-state index in [0.717, 1.165) is 25.2 Å². The molecule has 0 rings (SSSR count). The Morgan fingerprint density at radius 1 is 1.38 bits per heavy atom. The van der Waals surface area contributed by atoms with Gasteiger partial charge in [-0.05, 0) is 0 Å². The van der Waals surface area contributed by atoms with Crippen LogP contribution in [0.5, 0.6) is 0 Å². The molecule has 0 saturated heterocycles. The normalized spacial score (nSPS) is 15.9. The van der Waals surface area contributed by atoms with Gasteiger partial charge < -0.3 is 0 Å². The minimum atomic E-state index is -1.51. The van der Waals surface area contributed by atoms with Crippen LogP contribution in [0.4, 0.5) is 0 Å². The fourth-order valence-corrected chi connectivity index (χ4v) is 1.19. The molecule has 0 saturated carbocycles.